The van der Waals surface area contributed by atoms with Gasteiger partial charge in [-0.3, -0.25) is 10.1 Å². The molecule has 19 heavy (non-hydrogen) atoms. The number of nitro benzene ring substituents is 1. The third kappa shape index (κ3) is 3.68. The van der Waals surface area contributed by atoms with E-state index in [0.717, 1.165) is 10.0 Å². The quantitative estimate of drug-likeness (QED) is 0.652. The number of nitro groups is 1. The number of rotatable bonds is 4. The first-order valence-electron chi connectivity index (χ1n) is 5.48. The fourth-order valence-electron chi connectivity index (χ4n) is 1.58. The second-order valence-corrected chi connectivity index (χ2v) is 5.17. The van der Waals surface area contributed by atoms with Gasteiger partial charge in [-0.1, -0.05) is 23.7 Å². The van der Waals surface area contributed by atoms with Crippen molar-refractivity contribution in [1.82, 2.24) is 0 Å². The van der Waals surface area contributed by atoms with Gasteiger partial charge in [0.1, 0.15) is 0 Å². The zero-order valence-corrected chi connectivity index (χ0v) is 12.1. The summed E-state index contributed by atoms with van der Waals surface area (Å²) in [6, 6.07) is 12.0. The van der Waals surface area contributed by atoms with Gasteiger partial charge in [0.05, 0.1) is 9.95 Å². The molecule has 4 nitrogen and oxygen atoms in total. The van der Waals surface area contributed by atoms with Crippen LogP contribution in [0.4, 0.5) is 11.4 Å². The van der Waals surface area contributed by atoms with Crippen LogP contribution in [0.2, 0.25) is 5.02 Å². The Hall–Kier alpha value is -1.59. The number of benzene rings is 2. The lowest BCUT2D eigenvalue weighted by molar-refractivity contribution is -0.384. The fourth-order valence-corrected chi connectivity index (χ4v) is 2.03. The number of nitrogens with zero attached hydrogens (tertiary/aromatic N) is 1. The molecule has 1 N–H and O–H groups in total. The van der Waals surface area contributed by atoms with E-state index < -0.39 is 4.92 Å². The third-order valence-electron chi connectivity index (χ3n) is 2.54. The van der Waals surface area contributed by atoms with Crippen molar-refractivity contribution in [3.8, 4) is 0 Å². The Bertz CT molecular complexity index is 619. The maximum Gasteiger partial charge on any atom is 0.271 e. The molecule has 6 heteroatoms. The van der Waals surface area contributed by atoms with E-state index in [4.69, 9.17) is 11.6 Å². The first-order valence-corrected chi connectivity index (χ1v) is 6.65. The molecule has 0 saturated heterocycles. The Morgan fingerprint density at radius 1 is 1.26 bits per heavy atom. The average molecular weight is 342 g/mol. The minimum absolute atomic E-state index is 0.0684. The van der Waals surface area contributed by atoms with E-state index in [1.807, 2.05) is 18.2 Å². The summed E-state index contributed by atoms with van der Waals surface area (Å²) in [5, 5.41) is 14.4. The average Bonchev–Trinajstić information content (AvgIpc) is 2.40. The van der Waals surface area contributed by atoms with Crippen LogP contribution in [-0.2, 0) is 6.54 Å². The van der Waals surface area contributed by atoms with Gasteiger partial charge in [-0.15, -0.1) is 0 Å². The van der Waals surface area contributed by atoms with Crippen molar-refractivity contribution >= 4 is 38.9 Å². The molecule has 0 heterocycles. The molecular weight excluding hydrogens is 332 g/mol. The summed E-state index contributed by atoms with van der Waals surface area (Å²) in [6.45, 7) is 0.550. The van der Waals surface area contributed by atoms with Crippen molar-refractivity contribution in [2.45, 2.75) is 6.54 Å². The van der Waals surface area contributed by atoms with E-state index >= 15 is 0 Å². The highest BCUT2D eigenvalue weighted by molar-refractivity contribution is 9.10. The van der Waals surface area contributed by atoms with Crippen LogP contribution in [0.1, 0.15) is 5.56 Å². The number of hydrogen-bond donors (Lipinski definition) is 1. The fraction of sp³-hybridized carbons (Fsp3) is 0.0769. The Labute approximate surface area is 123 Å². The number of anilines is 1. The molecule has 0 unspecified atom stereocenters. The molecular formula is C13H10BrClN2O2. The van der Waals surface area contributed by atoms with Gasteiger partial charge in [0.15, 0.2) is 0 Å². The molecule has 0 aliphatic carbocycles. The van der Waals surface area contributed by atoms with Crippen molar-refractivity contribution in [2.75, 3.05) is 5.32 Å². The van der Waals surface area contributed by atoms with Gasteiger partial charge < -0.3 is 5.32 Å². The summed E-state index contributed by atoms with van der Waals surface area (Å²) >= 11 is 9.32. The third-order valence-corrected chi connectivity index (χ3v) is 3.77. The molecule has 98 valence electrons. The van der Waals surface area contributed by atoms with Gasteiger partial charge in [-0.2, -0.15) is 0 Å². The standard InChI is InChI=1S/C13H10BrClN2O2/c14-12-5-4-9(6-13(12)15)8-16-10-2-1-3-11(7-10)17(18)19/h1-7,16H,8H2. The zero-order valence-electron chi connectivity index (χ0n) is 9.77. The lowest BCUT2D eigenvalue weighted by Crippen LogP contribution is -2.00. The lowest BCUT2D eigenvalue weighted by atomic mass is 10.2. The van der Waals surface area contributed by atoms with E-state index in [1.54, 1.807) is 12.1 Å². The molecule has 0 radical (unpaired) electrons. The van der Waals surface area contributed by atoms with E-state index in [-0.39, 0.29) is 5.69 Å². The first-order chi connectivity index (χ1) is 9.06. The van der Waals surface area contributed by atoms with E-state index in [1.165, 1.54) is 12.1 Å². The van der Waals surface area contributed by atoms with Crippen molar-refractivity contribution in [2.24, 2.45) is 0 Å². The predicted octanol–water partition coefficient (Wildman–Crippen LogP) is 4.62. The second-order valence-electron chi connectivity index (χ2n) is 3.91. The minimum atomic E-state index is -0.415. The summed E-state index contributed by atoms with van der Waals surface area (Å²) in [4.78, 5) is 10.2. The molecule has 2 aromatic rings. The molecule has 0 aliphatic rings. The number of nitrogens with one attached hydrogen (secondary N) is 1. The van der Waals surface area contributed by atoms with Crippen molar-refractivity contribution in [3.63, 3.8) is 0 Å². The topological polar surface area (TPSA) is 55.2 Å². The largest absolute Gasteiger partial charge is 0.381 e. The molecule has 0 fully saturated rings. The Balaban J connectivity index is 2.07. The van der Waals surface area contributed by atoms with E-state index in [9.17, 15) is 10.1 Å². The number of hydrogen-bond acceptors (Lipinski definition) is 3. The molecule has 0 amide bonds. The molecule has 0 aromatic heterocycles. The van der Waals surface area contributed by atoms with Crippen LogP contribution >= 0.6 is 27.5 Å². The van der Waals surface area contributed by atoms with Crippen LogP contribution in [0.15, 0.2) is 46.9 Å². The van der Waals surface area contributed by atoms with Gasteiger partial charge in [-0.25, -0.2) is 0 Å². The maximum atomic E-state index is 10.7. The summed E-state index contributed by atoms with van der Waals surface area (Å²) in [6.07, 6.45) is 0. The molecule has 2 rings (SSSR count). The smallest absolute Gasteiger partial charge is 0.271 e. The highest BCUT2D eigenvalue weighted by atomic mass is 79.9. The first kappa shape index (κ1) is 13.8. The summed E-state index contributed by atoms with van der Waals surface area (Å²) in [7, 11) is 0. The van der Waals surface area contributed by atoms with Gasteiger partial charge in [0, 0.05) is 28.8 Å². The van der Waals surface area contributed by atoms with Crippen molar-refractivity contribution in [1.29, 1.82) is 0 Å². The number of non-ortho nitro benzene ring substituents is 1. The Kier molecular flexibility index (Phi) is 4.39. The lowest BCUT2D eigenvalue weighted by Gasteiger charge is -2.07. The van der Waals surface area contributed by atoms with Crippen LogP contribution in [0.25, 0.3) is 0 Å². The van der Waals surface area contributed by atoms with E-state index in [0.29, 0.717) is 17.3 Å². The highest BCUT2D eigenvalue weighted by Crippen LogP contribution is 2.24. The molecule has 0 bridgehead atoms. The monoisotopic (exact) mass is 340 g/mol. The van der Waals surface area contributed by atoms with Gasteiger partial charge in [0.2, 0.25) is 0 Å². The number of halogens is 2. The summed E-state index contributed by atoms with van der Waals surface area (Å²) in [5.41, 5.74) is 1.77. The van der Waals surface area contributed by atoms with Crippen LogP contribution in [-0.4, -0.2) is 4.92 Å². The van der Waals surface area contributed by atoms with Gasteiger partial charge in [-0.05, 0) is 39.7 Å². The van der Waals surface area contributed by atoms with Crippen LogP contribution < -0.4 is 5.32 Å². The normalized spacial score (nSPS) is 10.2. The van der Waals surface area contributed by atoms with Crippen LogP contribution in [0.5, 0.6) is 0 Å². The molecule has 2 aromatic carbocycles. The Morgan fingerprint density at radius 2 is 2.05 bits per heavy atom. The molecule has 0 atom stereocenters. The van der Waals surface area contributed by atoms with Crippen molar-refractivity contribution < 1.29 is 4.92 Å². The van der Waals surface area contributed by atoms with Crippen LogP contribution in [0.3, 0.4) is 0 Å². The van der Waals surface area contributed by atoms with Gasteiger partial charge in [0.25, 0.3) is 5.69 Å². The van der Waals surface area contributed by atoms with Crippen LogP contribution in [0, 0.1) is 10.1 Å². The molecule has 0 spiro atoms. The van der Waals surface area contributed by atoms with Crippen molar-refractivity contribution in [3.05, 3.63) is 67.6 Å². The molecule has 0 saturated carbocycles. The van der Waals surface area contributed by atoms with E-state index in [2.05, 4.69) is 21.2 Å². The SMILES string of the molecule is O=[N+]([O-])c1cccc(NCc2ccc(Br)c(Cl)c2)c1. The zero-order chi connectivity index (χ0) is 13.8. The minimum Gasteiger partial charge on any atom is -0.381 e. The van der Waals surface area contributed by atoms with Gasteiger partial charge >= 0.3 is 0 Å². The Morgan fingerprint density at radius 3 is 2.74 bits per heavy atom. The molecule has 0 aliphatic heterocycles. The predicted molar refractivity (Wildman–Crippen MR) is 79.6 cm³/mol. The maximum absolute atomic E-state index is 10.7. The summed E-state index contributed by atoms with van der Waals surface area (Å²) < 4.78 is 0.841. The summed E-state index contributed by atoms with van der Waals surface area (Å²) in [5.74, 6) is 0. The highest BCUT2D eigenvalue weighted by Gasteiger charge is 2.05. The second kappa shape index (κ2) is 6.04.